The average molecular weight is 456 g/mol. The summed E-state index contributed by atoms with van der Waals surface area (Å²) in [5.41, 5.74) is 10.5. The van der Waals surface area contributed by atoms with Gasteiger partial charge in [-0.3, -0.25) is 14.4 Å². The smallest absolute Gasteiger partial charge is 0.225 e. The number of rotatable bonds is 10. The van der Waals surface area contributed by atoms with Crippen LogP contribution < -0.4 is 11.5 Å². The third-order valence-corrected chi connectivity index (χ3v) is 9.78. The molecular formula is C26H37N3O4. The van der Waals surface area contributed by atoms with Gasteiger partial charge in [-0.2, -0.15) is 0 Å². The highest BCUT2D eigenvalue weighted by atomic mass is 16.3. The summed E-state index contributed by atoms with van der Waals surface area (Å²) in [7, 11) is 0. The van der Waals surface area contributed by atoms with Gasteiger partial charge in [0.05, 0.1) is 10.8 Å². The van der Waals surface area contributed by atoms with Gasteiger partial charge in [0, 0.05) is 13.3 Å². The Kier molecular flexibility index (Phi) is 5.46. The summed E-state index contributed by atoms with van der Waals surface area (Å²) in [5, 5.41) is 0. The van der Waals surface area contributed by atoms with Crippen molar-refractivity contribution in [3.8, 4) is 0 Å². The van der Waals surface area contributed by atoms with Crippen LogP contribution in [0.2, 0.25) is 0 Å². The number of nitrogens with two attached hydrogens (primary N) is 2. The Labute approximate surface area is 195 Å². The zero-order chi connectivity index (χ0) is 23.4. The van der Waals surface area contributed by atoms with Gasteiger partial charge in [-0.1, -0.05) is 6.42 Å². The highest BCUT2D eigenvalue weighted by molar-refractivity contribution is 5.95. The van der Waals surface area contributed by atoms with Gasteiger partial charge in [-0.05, 0) is 100 Å². The molecule has 33 heavy (non-hydrogen) atoms. The predicted molar refractivity (Wildman–Crippen MR) is 123 cm³/mol. The fourth-order valence-corrected chi connectivity index (χ4v) is 8.44. The van der Waals surface area contributed by atoms with Crippen LogP contribution in [-0.4, -0.2) is 42.1 Å². The molecule has 1 aromatic rings. The van der Waals surface area contributed by atoms with Gasteiger partial charge in [-0.25, -0.2) is 0 Å². The van der Waals surface area contributed by atoms with Crippen LogP contribution in [0.4, 0.5) is 0 Å². The summed E-state index contributed by atoms with van der Waals surface area (Å²) in [4.78, 5) is 41.1. The predicted octanol–water partition coefficient (Wildman–Crippen LogP) is 3.05. The molecule has 7 nitrogen and oxygen atoms in total. The Bertz CT molecular complexity index is 960. The molecule has 1 spiro atoms. The molecule has 1 aliphatic heterocycles. The summed E-state index contributed by atoms with van der Waals surface area (Å²) >= 11 is 0. The Morgan fingerprint density at radius 1 is 1.00 bits per heavy atom. The summed E-state index contributed by atoms with van der Waals surface area (Å²) in [5.74, 6) is -0.00354. The van der Waals surface area contributed by atoms with Crippen molar-refractivity contribution in [2.24, 2.45) is 39.5 Å². The third-order valence-electron chi connectivity index (χ3n) is 9.78. The molecule has 4 N–H and O–H groups in total. The lowest BCUT2D eigenvalue weighted by molar-refractivity contribution is -0.157. The van der Waals surface area contributed by atoms with Gasteiger partial charge in [0.1, 0.15) is 5.76 Å². The monoisotopic (exact) mass is 455 g/mol. The number of amides is 2. The zero-order valence-corrected chi connectivity index (χ0v) is 19.7. The fourth-order valence-electron chi connectivity index (χ4n) is 8.44. The Morgan fingerprint density at radius 3 is 2.18 bits per heavy atom. The first-order chi connectivity index (χ1) is 15.8. The van der Waals surface area contributed by atoms with Crippen LogP contribution in [0.15, 0.2) is 16.5 Å². The van der Waals surface area contributed by atoms with Crippen LogP contribution in [0, 0.1) is 28.1 Å². The minimum absolute atomic E-state index is 0.00894. The van der Waals surface area contributed by atoms with Gasteiger partial charge in [-0.15, -0.1) is 0 Å². The molecular weight excluding hydrogens is 418 g/mol. The number of likely N-dealkylation sites (tertiary alicyclic amines) is 1. The Hall–Kier alpha value is -2.15. The maximum atomic E-state index is 13.4. The molecule has 0 unspecified atom stereocenters. The maximum absolute atomic E-state index is 13.4. The van der Waals surface area contributed by atoms with Crippen LogP contribution in [0.3, 0.4) is 0 Å². The van der Waals surface area contributed by atoms with E-state index in [1.807, 2.05) is 0 Å². The van der Waals surface area contributed by atoms with E-state index < -0.39 is 16.7 Å². The second-order valence-corrected chi connectivity index (χ2v) is 11.1. The minimum Gasteiger partial charge on any atom is -0.458 e. The molecule has 2 bridgehead atoms. The van der Waals surface area contributed by atoms with Crippen molar-refractivity contribution < 1.29 is 18.8 Å². The second kappa shape index (κ2) is 7.97. The van der Waals surface area contributed by atoms with E-state index in [9.17, 15) is 14.4 Å². The van der Waals surface area contributed by atoms with Crippen molar-refractivity contribution in [1.29, 1.82) is 0 Å². The lowest BCUT2D eigenvalue weighted by Crippen LogP contribution is -2.61. The third kappa shape index (κ3) is 3.14. The van der Waals surface area contributed by atoms with E-state index in [1.54, 1.807) is 12.1 Å². The molecule has 3 aliphatic carbocycles. The van der Waals surface area contributed by atoms with Crippen LogP contribution in [0.1, 0.15) is 81.0 Å². The number of unbranched alkanes of at least 4 members (excludes halogenated alkanes) is 1. The molecule has 7 heteroatoms. The molecule has 2 amide bonds. The number of primary amides is 2. The number of furan rings is 1. The fraction of sp³-hybridized carbons (Fsp3) is 0.731. The molecule has 4 atom stereocenters. The Morgan fingerprint density at radius 2 is 1.64 bits per heavy atom. The van der Waals surface area contributed by atoms with Crippen molar-refractivity contribution in [2.45, 2.75) is 71.1 Å². The second-order valence-electron chi connectivity index (χ2n) is 11.1. The Balaban J connectivity index is 1.50. The van der Waals surface area contributed by atoms with E-state index in [1.165, 1.54) is 19.8 Å². The molecule has 1 aromatic heterocycles. The quantitative estimate of drug-likeness (QED) is 0.415. The molecule has 5 rings (SSSR count). The molecule has 180 valence electrons. The van der Waals surface area contributed by atoms with E-state index in [0.717, 1.165) is 58.2 Å². The van der Waals surface area contributed by atoms with Crippen molar-refractivity contribution in [2.75, 3.05) is 19.6 Å². The molecule has 1 saturated heterocycles. The summed E-state index contributed by atoms with van der Waals surface area (Å²) in [6, 6.07) is 3.40. The maximum Gasteiger partial charge on any atom is 0.225 e. The molecule has 0 aromatic carbocycles. The SMILES string of the molecule is CC(=O)c1ccc(C[C@@]2(C(N)=O)[C@H]3CC[C@H](C34CC4)[C@@]2(CCCCN2CCCC2)C(N)=O)o1. The van der Waals surface area contributed by atoms with E-state index in [4.69, 9.17) is 15.9 Å². The molecule has 3 saturated carbocycles. The average Bonchev–Trinajstić information content (AvgIpc) is 3.12. The standard InChI is InChI=1S/C26H37N3O4/c1-17(30)19-7-6-18(33-19)16-26(23(28)32)21-9-8-20(24(21)11-12-24)25(26,22(27)31)10-2-3-13-29-14-4-5-15-29/h6-7,20-21H,2-5,8-16H2,1H3,(H2,27,31)(H2,28,32)/t20-,21+,25+,26+/m1/s1. The highest BCUT2D eigenvalue weighted by Gasteiger charge is 2.83. The van der Waals surface area contributed by atoms with E-state index >= 15 is 0 Å². The number of nitrogens with zero attached hydrogens (tertiary/aromatic N) is 1. The summed E-state index contributed by atoms with van der Waals surface area (Å²) < 4.78 is 5.83. The first-order valence-electron chi connectivity index (χ1n) is 12.7. The van der Waals surface area contributed by atoms with Gasteiger partial charge in [0.2, 0.25) is 11.8 Å². The van der Waals surface area contributed by atoms with Crippen LogP contribution in [-0.2, 0) is 16.0 Å². The van der Waals surface area contributed by atoms with E-state index in [0.29, 0.717) is 12.2 Å². The largest absolute Gasteiger partial charge is 0.458 e. The van der Waals surface area contributed by atoms with E-state index in [2.05, 4.69) is 4.90 Å². The van der Waals surface area contributed by atoms with Crippen LogP contribution in [0.5, 0.6) is 0 Å². The van der Waals surface area contributed by atoms with Crippen molar-refractivity contribution in [1.82, 2.24) is 4.90 Å². The van der Waals surface area contributed by atoms with E-state index in [-0.39, 0.29) is 41.1 Å². The van der Waals surface area contributed by atoms with Gasteiger partial charge in [0.15, 0.2) is 11.5 Å². The highest BCUT2D eigenvalue weighted by Crippen LogP contribution is 2.83. The molecule has 2 heterocycles. The normalized spacial score (nSPS) is 34.2. The van der Waals surface area contributed by atoms with Crippen molar-refractivity contribution >= 4 is 17.6 Å². The summed E-state index contributed by atoms with van der Waals surface area (Å²) in [6.07, 6.45) is 9.11. The van der Waals surface area contributed by atoms with Gasteiger partial charge < -0.3 is 20.8 Å². The van der Waals surface area contributed by atoms with Crippen LogP contribution in [0.25, 0.3) is 0 Å². The van der Waals surface area contributed by atoms with Crippen molar-refractivity contribution in [3.05, 3.63) is 23.7 Å². The number of Topliss-reactive ketones (excluding diaryl/α,β-unsaturated/α-hetero) is 1. The van der Waals surface area contributed by atoms with Gasteiger partial charge in [0.25, 0.3) is 0 Å². The molecule has 0 radical (unpaired) electrons. The van der Waals surface area contributed by atoms with Gasteiger partial charge >= 0.3 is 0 Å². The lowest BCUT2D eigenvalue weighted by atomic mass is 9.51. The number of hydrogen-bond acceptors (Lipinski definition) is 5. The minimum atomic E-state index is -1.06. The first kappa shape index (κ1) is 22.6. The zero-order valence-electron chi connectivity index (χ0n) is 19.7. The van der Waals surface area contributed by atoms with Crippen molar-refractivity contribution in [3.63, 3.8) is 0 Å². The first-order valence-corrected chi connectivity index (χ1v) is 12.7. The molecule has 4 aliphatic rings. The number of ketones is 1. The number of carbonyl (C=O) groups is 3. The molecule has 4 fully saturated rings. The number of hydrogen-bond donors (Lipinski definition) is 2. The lowest BCUT2D eigenvalue weighted by Gasteiger charge is -2.49. The topological polar surface area (TPSA) is 120 Å². The van der Waals surface area contributed by atoms with Crippen LogP contribution >= 0.6 is 0 Å². The summed E-state index contributed by atoms with van der Waals surface area (Å²) in [6.45, 7) is 4.78. The number of carbonyl (C=O) groups excluding carboxylic acids is 3.